The number of aromatic nitrogens is 2. The van der Waals surface area contributed by atoms with Crippen molar-refractivity contribution < 1.29 is 13.2 Å². The molecule has 0 radical (unpaired) electrons. The lowest BCUT2D eigenvalue weighted by molar-refractivity contribution is 0.0981. The maximum atomic E-state index is 12.5. The number of nitrogens with two attached hydrogens (primary N) is 2. The summed E-state index contributed by atoms with van der Waals surface area (Å²) in [4.78, 5) is 24.2. The number of amides is 1. The first kappa shape index (κ1) is 24.1. The Morgan fingerprint density at radius 2 is 2.03 bits per heavy atom. The highest BCUT2D eigenvalue weighted by Gasteiger charge is 2.37. The standard InChI is InChI=1S/C21H27ClN6O3S2/c1-21(12-23)7-9-28(10-8-21)16-11-25-20(18(24)26-16)32-15-4-2-3-14(17(15)22)19(29)27-33(30,31)13-5-6-13/h2-4,11,13H,5-10,12,23H2,1H3,(H2,24,26)(H,27,29). The van der Waals surface area contributed by atoms with Gasteiger partial charge >= 0.3 is 0 Å². The van der Waals surface area contributed by atoms with Gasteiger partial charge in [-0.15, -0.1) is 0 Å². The van der Waals surface area contributed by atoms with E-state index in [0.717, 1.165) is 25.9 Å². The molecular weight excluding hydrogens is 484 g/mol. The first-order chi connectivity index (χ1) is 15.6. The van der Waals surface area contributed by atoms with E-state index in [1.807, 2.05) is 0 Å². The highest BCUT2D eigenvalue weighted by molar-refractivity contribution is 7.99. The number of hydrogen-bond donors (Lipinski definition) is 3. The van der Waals surface area contributed by atoms with Crippen molar-refractivity contribution in [2.45, 2.75) is 47.8 Å². The molecular formula is C21H27ClN6O3S2. The minimum absolute atomic E-state index is 0.0744. The maximum absolute atomic E-state index is 12.5. The highest BCUT2D eigenvalue weighted by Crippen LogP contribution is 2.38. The molecule has 2 aliphatic rings. The number of rotatable bonds is 7. The number of nitrogen functional groups attached to an aromatic ring is 1. The van der Waals surface area contributed by atoms with Gasteiger partial charge in [-0.2, -0.15) is 0 Å². The summed E-state index contributed by atoms with van der Waals surface area (Å²) in [7, 11) is -3.67. The molecule has 9 nitrogen and oxygen atoms in total. The minimum atomic E-state index is -3.67. The summed E-state index contributed by atoms with van der Waals surface area (Å²) in [6.07, 6.45) is 4.75. The smallest absolute Gasteiger partial charge is 0.266 e. The first-order valence-corrected chi connectivity index (χ1v) is 13.5. The predicted octanol–water partition coefficient (Wildman–Crippen LogP) is 2.65. The molecule has 1 aromatic heterocycles. The molecule has 0 bridgehead atoms. The molecule has 1 amide bonds. The monoisotopic (exact) mass is 510 g/mol. The first-order valence-electron chi connectivity index (χ1n) is 10.7. The zero-order valence-electron chi connectivity index (χ0n) is 18.3. The number of anilines is 2. The summed E-state index contributed by atoms with van der Waals surface area (Å²) in [5, 5.41) is 0.0799. The van der Waals surface area contributed by atoms with Crippen LogP contribution in [-0.4, -0.2) is 49.2 Å². The van der Waals surface area contributed by atoms with Gasteiger partial charge in [0, 0.05) is 18.0 Å². The second-order valence-corrected chi connectivity index (χ2v) is 12.2. The summed E-state index contributed by atoms with van der Waals surface area (Å²) in [6.45, 7) is 4.53. The van der Waals surface area contributed by atoms with Gasteiger partial charge in [0.25, 0.3) is 5.91 Å². The van der Waals surface area contributed by atoms with Gasteiger partial charge in [0.05, 0.1) is 22.0 Å². The van der Waals surface area contributed by atoms with Crippen LogP contribution in [0.5, 0.6) is 0 Å². The van der Waals surface area contributed by atoms with Gasteiger partial charge in [-0.1, -0.05) is 36.4 Å². The number of carbonyl (C=O) groups excluding carboxylic acids is 1. The van der Waals surface area contributed by atoms with Crippen molar-refractivity contribution in [3.63, 3.8) is 0 Å². The van der Waals surface area contributed by atoms with Crippen LogP contribution in [-0.2, 0) is 10.0 Å². The fraction of sp³-hybridized carbons (Fsp3) is 0.476. The molecule has 0 spiro atoms. The van der Waals surface area contributed by atoms with E-state index in [2.05, 4.69) is 26.5 Å². The molecule has 33 heavy (non-hydrogen) atoms. The van der Waals surface area contributed by atoms with Gasteiger partial charge in [-0.3, -0.25) is 4.79 Å². The fourth-order valence-corrected chi connectivity index (χ4v) is 6.04. The van der Waals surface area contributed by atoms with Crippen LogP contribution in [0, 0.1) is 5.41 Å². The molecule has 5 N–H and O–H groups in total. The molecule has 2 fully saturated rings. The van der Waals surface area contributed by atoms with Crippen LogP contribution >= 0.6 is 23.4 Å². The number of benzene rings is 1. The summed E-state index contributed by atoms with van der Waals surface area (Å²) in [5.41, 5.74) is 12.3. The van der Waals surface area contributed by atoms with Crippen LogP contribution in [0.1, 0.15) is 43.0 Å². The molecule has 1 aliphatic carbocycles. The maximum Gasteiger partial charge on any atom is 0.266 e. The third-order valence-electron chi connectivity index (χ3n) is 6.15. The van der Waals surface area contributed by atoms with Crippen molar-refractivity contribution in [2.75, 3.05) is 30.3 Å². The van der Waals surface area contributed by atoms with Gasteiger partial charge in [-0.05, 0) is 49.8 Å². The van der Waals surface area contributed by atoms with Crippen LogP contribution in [0.25, 0.3) is 0 Å². The lowest BCUT2D eigenvalue weighted by Crippen LogP contribution is -2.42. The highest BCUT2D eigenvalue weighted by atomic mass is 35.5. The summed E-state index contributed by atoms with van der Waals surface area (Å²) in [5.74, 6) is 0.214. The molecule has 2 heterocycles. The average Bonchev–Trinajstić information content (AvgIpc) is 3.63. The molecule has 178 valence electrons. The lowest BCUT2D eigenvalue weighted by Gasteiger charge is -2.39. The van der Waals surface area contributed by atoms with E-state index in [1.165, 1.54) is 17.8 Å². The van der Waals surface area contributed by atoms with E-state index < -0.39 is 21.2 Å². The van der Waals surface area contributed by atoms with Crippen LogP contribution in [0.4, 0.5) is 11.6 Å². The number of halogens is 1. The van der Waals surface area contributed by atoms with E-state index in [9.17, 15) is 13.2 Å². The predicted molar refractivity (Wildman–Crippen MR) is 130 cm³/mol. The molecule has 1 aromatic carbocycles. The second-order valence-electron chi connectivity index (χ2n) is 8.82. The summed E-state index contributed by atoms with van der Waals surface area (Å²) < 4.78 is 26.3. The van der Waals surface area contributed by atoms with Crippen molar-refractivity contribution in [3.05, 3.63) is 35.0 Å². The number of piperidine rings is 1. The Hall–Kier alpha value is -2.08. The van der Waals surface area contributed by atoms with E-state index in [0.29, 0.717) is 35.1 Å². The zero-order valence-corrected chi connectivity index (χ0v) is 20.6. The van der Waals surface area contributed by atoms with Gasteiger partial charge < -0.3 is 16.4 Å². The quantitative estimate of drug-likeness (QED) is 0.511. The minimum Gasteiger partial charge on any atom is -0.381 e. The van der Waals surface area contributed by atoms with Crippen molar-refractivity contribution in [1.29, 1.82) is 0 Å². The summed E-state index contributed by atoms with van der Waals surface area (Å²) >= 11 is 7.61. The van der Waals surface area contributed by atoms with Crippen LogP contribution in [0.3, 0.4) is 0 Å². The van der Waals surface area contributed by atoms with Gasteiger partial charge in [0.15, 0.2) is 5.82 Å². The van der Waals surface area contributed by atoms with E-state index in [4.69, 9.17) is 23.1 Å². The second kappa shape index (κ2) is 9.28. The fourth-order valence-electron chi connectivity index (χ4n) is 3.61. The molecule has 12 heteroatoms. The zero-order chi connectivity index (χ0) is 23.8. The largest absolute Gasteiger partial charge is 0.381 e. The van der Waals surface area contributed by atoms with Crippen molar-refractivity contribution in [2.24, 2.45) is 11.1 Å². The Labute approximate surface area is 202 Å². The van der Waals surface area contributed by atoms with E-state index >= 15 is 0 Å². The third-order valence-corrected chi connectivity index (χ3v) is 9.56. The Bertz CT molecular complexity index is 1160. The molecule has 4 rings (SSSR count). The number of carbonyl (C=O) groups is 1. The van der Waals surface area contributed by atoms with Crippen molar-refractivity contribution in [1.82, 2.24) is 14.7 Å². The normalized spacial score (nSPS) is 18.2. The SMILES string of the molecule is CC1(CN)CCN(c2cnc(Sc3cccc(C(=O)NS(=O)(=O)C4CC4)c3Cl)c(N)n2)CC1. The molecule has 0 unspecified atom stereocenters. The van der Waals surface area contributed by atoms with E-state index in [-0.39, 0.29) is 21.8 Å². The van der Waals surface area contributed by atoms with E-state index in [1.54, 1.807) is 18.3 Å². The topological polar surface area (TPSA) is 144 Å². The molecule has 1 aliphatic heterocycles. The number of nitrogens with one attached hydrogen (secondary N) is 1. The average molecular weight is 511 g/mol. The molecule has 2 aromatic rings. The van der Waals surface area contributed by atoms with Crippen LogP contribution < -0.4 is 21.1 Å². The molecule has 1 saturated heterocycles. The van der Waals surface area contributed by atoms with Gasteiger partial charge in [0.2, 0.25) is 10.0 Å². The van der Waals surface area contributed by atoms with Crippen molar-refractivity contribution >= 4 is 50.9 Å². The summed E-state index contributed by atoms with van der Waals surface area (Å²) in [6, 6.07) is 4.83. The third kappa shape index (κ3) is 5.37. The number of hydrogen-bond acceptors (Lipinski definition) is 9. The Morgan fingerprint density at radius 1 is 1.33 bits per heavy atom. The van der Waals surface area contributed by atoms with Crippen LogP contribution in [0.2, 0.25) is 5.02 Å². The number of nitrogens with zero attached hydrogens (tertiary/aromatic N) is 3. The van der Waals surface area contributed by atoms with Gasteiger partial charge in [-0.25, -0.2) is 23.1 Å². The Morgan fingerprint density at radius 3 is 2.64 bits per heavy atom. The molecule has 1 saturated carbocycles. The Balaban J connectivity index is 1.48. The van der Waals surface area contributed by atoms with Gasteiger partial charge in [0.1, 0.15) is 10.8 Å². The van der Waals surface area contributed by atoms with Crippen molar-refractivity contribution in [3.8, 4) is 0 Å². The Kier molecular flexibility index (Phi) is 6.77. The lowest BCUT2D eigenvalue weighted by atomic mass is 9.80. The molecule has 0 atom stereocenters. The van der Waals surface area contributed by atoms with Crippen LogP contribution in [0.15, 0.2) is 34.3 Å². The number of sulfonamides is 1.